The van der Waals surface area contributed by atoms with Crippen LogP contribution in [0.1, 0.15) is 63.2 Å². The Morgan fingerprint density at radius 3 is 2.51 bits per heavy atom. The summed E-state index contributed by atoms with van der Waals surface area (Å²) in [7, 11) is 0. The molecule has 1 unspecified atom stereocenters. The van der Waals surface area contributed by atoms with Crippen molar-refractivity contribution < 1.29 is 9.59 Å². The lowest BCUT2D eigenvalue weighted by atomic mass is 9.99. The van der Waals surface area contributed by atoms with Gasteiger partial charge in [0, 0.05) is 64.8 Å². The third kappa shape index (κ3) is 6.19. The number of anilines is 1. The first-order valence-electron chi connectivity index (χ1n) is 16.2. The summed E-state index contributed by atoms with van der Waals surface area (Å²) in [6, 6.07) is 17.5. The Hall–Kier alpha value is -4.32. The SMILES string of the molecule is Cc1sc2c(c1C)C(c1ccc(Cl)cc1)=N[C@@H](CC(=O)NC1CCN(c3ccc(-c4ccc5c(c4)CC(=O)C5)cn3)C1)c1nnc(C)n1-2.S. The highest BCUT2D eigenvalue weighted by Crippen LogP contribution is 2.39. The predicted octanol–water partition coefficient (Wildman–Crippen LogP) is 6.43. The highest BCUT2D eigenvalue weighted by atomic mass is 35.5. The number of aliphatic imine (C=N–C) groups is 1. The number of benzene rings is 2. The van der Waals surface area contributed by atoms with Crippen molar-refractivity contribution in [1.82, 2.24) is 25.1 Å². The summed E-state index contributed by atoms with van der Waals surface area (Å²) in [5.74, 6) is 2.52. The summed E-state index contributed by atoms with van der Waals surface area (Å²) in [6.07, 6.45) is 3.92. The number of Topliss-reactive ketones (excluding diaryl/α,β-unsaturated/α-hetero) is 1. The molecule has 250 valence electrons. The second kappa shape index (κ2) is 13.2. The maximum Gasteiger partial charge on any atom is 0.222 e. The average Bonchev–Trinajstić information content (AvgIpc) is 3.84. The monoisotopic (exact) mass is 709 g/mol. The zero-order valence-electron chi connectivity index (χ0n) is 27.5. The summed E-state index contributed by atoms with van der Waals surface area (Å²) < 4.78 is 2.07. The zero-order chi connectivity index (χ0) is 33.1. The number of fused-ring (bicyclic) bond motifs is 4. The predicted molar refractivity (Wildman–Crippen MR) is 199 cm³/mol. The number of aromatic nitrogens is 4. The molecule has 5 heterocycles. The number of hydrogen-bond donors (Lipinski definition) is 1. The van der Waals surface area contributed by atoms with Crippen LogP contribution in [0.5, 0.6) is 0 Å². The first kappa shape index (κ1) is 33.2. The number of rotatable bonds is 6. The maximum atomic E-state index is 13.7. The van der Waals surface area contributed by atoms with Crippen molar-refractivity contribution in [3.63, 3.8) is 0 Å². The third-order valence-electron chi connectivity index (χ3n) is 9.68. The highest BCUT2D eigenvalue weighted by Gasteiger charge is 2.33. The molecule has 1 amide bonds. The number of thiophene rings is 1. The second-order valence-electron chi connectivity index (χ2n) is 12.9. The molecule has 2 aliphatic heterocycles. The van der Waals surface area contributed by atoms with Gasteiger partial charge in [-0.2, -0.15) is 13.5 Å². The number of carbonyl (C=O) groups is 2. The van der Waals surface area contributed by atoms with Crippen molar-refractivity contribution in [1.29, 1.82) is 0 Å². The molecule has 1 aliphatic carbocycles. The van der Waals surface area contributed by atoms with Gasteiger partial charge in [-0.3, -0.25) is 19.1 Å². The first-order chi connectivity index (χ1) is 23.2. The van der Waals surface area contributed by atoms with Crippen LogP contribution in [0.15, 0.2) is 65.8 Å². The van der Waals surface area contributed by atoms with Crippen LogP contribution < -0.4 is 10.2 Å². The molecule has 2 aromatic carbocycles. The van der Waals surface area contributed by atoms with E-state index in [0.717, 1.165) is 74.3 Å². The van der Waals surface area contributed by atoms with Gasteiger partial charge >= 0.3 is 0 Å². The van der Waals surface area contributed by atoms with Gasteiger partial charge in [-0.1, -0.05) is 41.9 Å². The summed E-state index contributed by atoms with van der Waals surface area (Å²) >= 11 is 7.94. The van der Waals surface area contributed by atoms with Gasteiger partial charge in [0.1, 0.15) is 28.5 Å². The number of pyridine rings is 1. The van der Waals surface area contributed by atoms with Crippen molar-refractivity contribution in [3.05, 3.63) is 110 Å². The summed E-state index contributed by atoms with van der Waals surface area (Å²) in [5, 5.41) is 13.9. The first-order valence-corrected chi connectivity index (χ1v) is 17.4. The van der Waals surface area contributed by atoms with Crippen molar-refractivity contribution in [2.24, 2.45) is 4.99 Å². The lowest BCUT2D eigenvalue weighted by molar-refractivity contribution is -0.122. The normalized spacial score (nSPS) is 17.9. The van der Waals surface area contributed by atoms with E-state index in [1.165, 1.54) is 4.88 Å². The molecule has 3 aromatic heterocycles. The van der Waals surface area contributed by atoms with Crippen LogP contribution in [0.2, 0.25) is 5.02 Å². The van der Waals surface area contributed by atoms with Gasteiger partial charge in [0.15, 0.2) is 5.82 Å². The average molecular weight is 710 g/mol. The van der Waals surface area contributed by atoms with E-state index in [0.29, 0.717) is 30.2 Å². The standard InChI is InChI=1S/C37H34ClN7O2S.H2S/c1-20-21(2)48-37-34(20)35(23-6-9-28(38)10-7-23)41-31(36-43-42-22(3)45(36)37)17-33(47)40-29-12-13-44(19-29)32-11-8-26(18-39-32)24-4-5-25-15-30(46)16-27(25)14-24;/h4-11,14,18,29,31H,12-13,15-17,19H2,1-3H3,(H,40,47);1H2/t29?,31-;/m0./s1. The largest absolute Gasteiger partial charge is 0.354 e. The van der Waals surface area contributed by atoms with E-state index < -0.39 is 6.04 Å². The molecule has 9 nitrogen and oxygen atoms in total. The van der Waals surface area contributed by atoms with E-state index in [9.17, 15) is 9.59 Å². The fourth-order valence-corrected chi connectivity index (χ4v) is 8.39. The quantitative estimate of drug-likeness (QED) is 0.218. The van der Waals surface area contributed by atoms with E-state index >= 15 is 0 Å². The summed E-state index contributed by atoms with van der Waals surface area (Å²) in [5.41, 5.74) is 8.32. The van der Waals surface area contributed by atoms with Crippen LogP contribution in [-0.2, 0) is 22.4 Å². The fourth-order valence-electron chi connectivity index (χ4n) is 7.05. The van der Waals surface area contributed by atoms with Gasteiger partial charge in [-0.05, 0) is 73.7 Å². The molecule has 49 heavy (non-hydrogen) atoms. The minimum atomic E-state index is -0.514. The van der Waals surface area contributed by atoms with Gasteiger partial charge in [-0.25, -0.2) is 4.98 Å². The molecule has 0 saturated carbocycles. The molecule has 0 bridgehead atoms. The molecule has 3 aliphatic rings. The Labute approximate surface area is 300 Å². The number of amides is 1. The molecule has 12 heteroatoms. The Kier molecular flexibility index (Phi) is 8.93. The smallest absolute Gasteiger partial charge is 0.222 e. The number of halogens is 1. The number of nitrogens with zero attached hydrogens (tertiary/aromatic N) is 6. The van der Waals surface area contributed by atoms with Crippen LogP contribution >= 0.6 is 36.4 Å². The number of ketones is 1. The van der Waals surface area contributed by atoms with Gasteiger partial charge in [0.2, 0.25) is 5.91 Å². The van der Waals surface area contributed by atoms with Gasteiger partial charge in [0.25, 0.3) is 0 Å². The molecule has 8 rings (SSSR count). The Morgan fingerprint density at radius 2 is 1.73 bits per heavy atom. The van der Waals surface area contributed by atoms with Crippen molar-refractivity contribution >= 4 is 59.7 Å². The van der Waals surface area contributed by atoms with Gasteiger partial charge < -0.3 is 10.2 Å². The summed E-state index contributed by atoms with van der Waals surface area (Å²) in [4.78, 5) is 38.9. The van der Waals surface area contributed by atoms with Crippen molar-refractivity contribution in [2.45, 2.75) is 58.5 Å². The van der Waals surface area contributed by atoms with Crippen molar-refractivity contribution in [3.8, 4) is 16.1 Å². The molecule has 1 fully saturated rings. The van der Waals surface area contributed by atoms with Gasteiger partial charge in [-0.15, -0.1) is 21.5 Å². The van der Waals surface area contributed by atoms with Crippen LogP contribution in [0.3, 0.4) is 0 Å². The number of hydrogen-bond acceptors (Lipinski definition) is 8. The molecule has 0 radical (unpaired) electrons. The van der Waals surface area contributed by atoms with E-state index in [4.69, 9.17) is 21.6 Å². The fraction of sp³-hybridized carbons (Fsp3) is 0.297. The number of carbonyl (C=O) groups excluding carboxylic acids is 2. The molecular weight excluding hydrogens is 674 g/mol. The lowest BCUT2D eigenvalue weighted by Gasteiger charge is -2.19. The zero-order valence-corrected chi connectivity index (χ0v) is 30.0. The molecule has 1 N–H and O–H groups in total. The number of aryl methyl sites for hydroxylation is 2. The molecule has 2 atom stereocenters. The maximum absolute atomic E-state index is 13.7. The van der Waals surface area contributed by atoms with E-state index in [1.54, 1.807) is 11.3 Å². The third-order valence-corrected chi connectivity index (χ3v) is 11.1. The minimum absolute atomic E-state index is 0. The van der Waals surface area contributed by atoms with Crippen LogP contribution in [0.4, 0.5) is 5.82 Å². The molecule has 1 saturated heterocycles. The van der Waals surface area contributed by atoms with E-state index in [2.05, 4.69) is 63.1 Å². The van der Waals surface area contributed by atoms with Crippen molar-refractivity contribution in [2.75, 3.05) is 18.0 Å². The molecule has 0 spiro atoms. The topological polar surface area (TPSA) is 105 Å². The molecule has 5 aromatic rings. The molecular formula is C37H36ClN7O2S2. The van der Waals surface area contributed by atoms with Gasteiger partial charge in [0.05, 0.1) is 12.1 Å². The summed E-state index contributed by atoms with van der Waals surface area (Å²) in [6.45, 7) is 7.65. The highest BCUT2D eigenvalue weighted by molar-refractivity contribution is 7.59. The Balaban J connectivity index is 0.00000378. The van der Waals surface area contributed by atoms with Crippen LogP contribution in [0, 0.1) is 20.8 Å². The Morgan fingerprint density at radius 1 is 0.980 bits per heavy atom. The lowest BCUT2D eigenvalue weighted by Crippen LogP contribution is -2.37. The number of nitrogens with one attached hydrogen (secondary N) is 1. The van der Waals surface area contributed by atoms with E-state index in [1.807, 2.05) is 43.5 Å². The Bertz CT molecular complexity index is 2120. The van der Waals surface area contributed by atoms with E-state index in [-0.39, 0.29) is 37.6 Å². The van der Waals surface area contributed by atoms with Crippen LogP contribution in [0.25, 0.3) is 16.1 Å². The minimum Gasteiger partial charge on any atom is -0.354 e. The second-order valence-corrected chi connectivity index (χ2v) is 14.5. The van der Waals surface area contributed by atoms with Crippen LogP contribution in [-0.4, -0.2) is 56.3 Å².